The third kappa shape index (κ3) is 3.53. The van der Waals surface area contributed by atoms with Crippen molar-refractivity contribution in [1.82, 2.24) is 4.72 Å². The van der Waals surface area contributed by atoms with Gasteiger partial charge in [-0.3, -0.25) is 9.52 Å². The van der Waals surface area contributed by atoms with E-state index in [4.69, 9.17) is 0 Å². The van der Waals surface area contributed by atoms with Crippen molar-refractivity contribution in [1.29, 1.82) is 0 Å². The lowest BCUT2D eigenvalue weighted by Crippen LogP contribution is -2.30. The molecule has 0 aromatic heterocycles. The Kier molecular flexibility index (Phi) is 4.80. The maximum atomic E-state index is 13.0. The van der Waals surface area contributed by atoms with Crippen molar-refractivity contribution >= 4 is 48.1 Å². The smallest absolute Gasteiger partial charge is 0.262 e. The predicted molar refractivity (Wildman–Crippen MR) is 115 cm³/mol. The highest BCUT2D eigenvalue weighted by Gasteiger charge is 2.26. The molecule has 0 atom stereocenters. The number of anilines is 2. The zero-order valence-corrected chi connectivity index (χ0v) is 17.8. The number of carbonyl (C=O) groups excluding carboxylic acids is 1. The van der Waals surface area contributed by atoms with Crippen molar-refractivity contribution < 1.29 is 21.6 Å². The minimum Gasteiger partial charge on any atom is -0.321 e. The third-order valence-electron chi connectivity index (χ3n) is 4.59. The van der Waals surface area contributed by atoms with Crippen LogP contribution in [0.1, 0.15) is 24.2 Å². The van der Waals surface area contributed by atoms with E-state index >= 15 is 0 Å². The first-order valence-corrected chi connectivity index (χ1v) is 12.1. The van der Waals surface area contributed by atoms with E-state index in [1.807, 2.05) is 0 Å². The van der Waals surface area contributed by atoms with Crippen LogP contribution < -0.4 is 14.8 Å². The van der Waals surface area contributed by atoms with Gasteiger partial charge in [0, 0.05) is 33.8 Å². The van der Waals surface area contributed by atoms with Gasteiger partial charge in [-0.15, -0.1) is 0 Å². The summed E-state index contributed by atoms with van der Waals surface area (Å²) in [5.74, 6) is -0.273. The van der Waals surface area contributed by atoms with E-state index in [9.17, 15) is 21.6 Å². The Balaban J connectivity index is 1.68. The van der Waals surface area contributed by atoms with Crippen LogP contribution in [0.5, 0.6) is 0 Å². The lowest BCUT2D eigenvalue weighted by atomic mass is 10.1. The molecule has 3 aromatic rings. The zero-order valence-electron chi connectivity index (χ0n) is 16.1. The van der Waals surface area contributed by atoms with E-state index in [1.165, 1.54) is 30.3 Å². The van der Waals surface area contributed by atoms with Crippen LogP contribution in [-0.4, -0.2) is 28.8 Å². The Hall–Kier alpha value is -2.95. The van der Waals surface area contributed by atoms with Gasteiger partial charge in [0.1, 0.15) is 0 Å². The van der Waals surface area contributed by atoms with E-state index in [0.717, 1.165) is 0 Å². The Labute approximate surface area is 174 Å². The zero-order chi connectivity index (χ0) is 21.7. The van der Waals surface area contributed by atoms with E-state index in [0.29, 0.717) is 22.0 Å². The predicted octanol–water partition coefficient (Wildman–Crippen LogP) is 2.89. The minimum absolute atomic E-state index is 0.0257. The molecule has 30 heavy (non-hydrogen) atoms. The summed E-state index contributed by atoms with van der Waals surface area (Å²) in [6.45, 7) is 3.42. The van der Waals surface area contributed by atoms with Crippen LogP contribution in [0.3, 0.4) is 0 Å². The van der Waals surface area contributed by atoms with Crippen LogP contribution in [0.15, 0.2) is 64.4 Å². The Morgan fingerprint density at radius 2 is 1.57 bits per heavy atom. The van der Waals surface area contributed by atoms with Gasteiger partial charge in [-0.25, -0.2) is 21.6 Å². The highest BCUT2D eigenvalue weighted by atomic mass is 32.2. The molecule has 0 bridgehead atoms. The molecular weight excluding hydrogens is 426 g/mol. The molecule has 0 unspecified atom stereocenters. The molecule has 0 aliphatic carbocycles. The first kappa shape index (κ1) is 20.3. The van der Waals surface area contributed by atoms with E-state index in [2.05, 4.69) is 14.8 Å². The third-order valence-corrected chi connectivity index (χ3v) is 7.70. The molecule has 0 fully saturated rings. The number of benzene rings is 3. The van der Waals surface area contributed by atoms with Crippen molar-refractivity contribution in [2.75, 3.05) is 10.0 Å². The standard InChI is InChI=1S/C20H19N3O5S2/c1-12(2)22-29(25,26)14-8-6-13(7-9-14)23-30(27,28)18-11-10-17-19-15(18)4-3-5-16(19)20(24)21-17/h3-12,22-23H,1-2H3,(H,21,24). The molecule has 1 heterocycles. The summed E-state index contributed by atoms with van der Waals surface area (Å²) in [4.78, 5) is 12.1. The molecule has 156 valence electrons. The Bertz CT molecular complexity index is 1380. The van der Waals surface area contributed by atoms with Gasteiger partial charge in [-0.1, -0.05) is 12.1 Å². The summed E-state index contributed by atoms with van der Waals surface area (Å²) < 4.78 is 55.4. The van der Waals surface area contributed by atoms with Gasteiger partial charge in [-0.05, 0) is 56.3 Å². The highest BCUT2D eigenvalue weighted by molar-refractivity contribution is 7.93. The van der Waals surface area contributed by atoms with Gasteiger partial charge in [0.2, 0.25) is 10.0 Å². The second-order valence-electron chi connectivity index (χ2n) is 7.20. The molecular formula is C20H19N3O5S2. The Morgan fingerprint density at radius 1 is 0.867 bits per heavy atom. The van der Waals surface area contributed by atoms with Crippen LogP contribution in [0.2, 0.25) is 0 Å². The molecule has 3 N–H and O–H groups in total. The number of sulfonamides is 2. The lowest BCUT2D eigenvalue weighted by molar-refractivity contribution is 0.103. The lowest BCUT2D eigenvalue weighted by Gasteiger charge is -2.13. The SMILES string of the molecule is CC(C)NS(=O)(=O)c1ccc(NS(=O)(=O)c2ccc3c4c(cccc24)C(=O)N3)cc1. The molecule has 1 aliphatic heterocycles. The molecule has 0 spiro atoms. The number of nitrogens with one attached hydrogen (secondary N) is 3. The first-order valence-electron chi connectivity index (χ1n) is 9.11. The molecule has 0 saturated heterocycles. The number of hydrogen-bond acceptors (Lipinski definition) is 5. The minimum atomic E-state index is -3.98. The Morgan fingerprint density at radius 3 is 2.23 bits per heavy atom. The first-order chi connectivity index (χ1) is 14.1. The molecule has 0 saturated carbocycles. The van der Waals surface area contributed by atoms with Crippen LogP contribution in [-0.2, 0) is 20.0 Å². The quantitative estimate of drug-likeness (QED) is 0.539. The maximum absolute atomic E-state index is 13.0. The van der Waals surface area contributed by atoms with Gasteiger partial charge >= 0.3 is 0 Å². The van der Waals surface area contributed by atoms with Crippen LogP contribution >= 0.6 is 0 Å². The van der Waals surface area contributed by atoms with Gasteiger partial charge in [-0.2, -0.15) is 0 Å². The largest absolute Gasteiger partial charge is 0.321 e. The number of carbonyl (C=O) groups is 1. The topological polar surface area (TPSA) is 121 Å². The van der Waals surface area contributed by atoms with E-state index < -0.39 is 20.0 Å². The monoisotopic (exact) mass is 445 g/mol. The summed E-state index contributed by atoms with van der Waals surface area (Å²) >= 11 is 0. The molecule has 8 nitrogen and oxygen atoms in total. The van der Waals surface area contributed by atoms with Crippen LogP contribution in [0.25, 0.3) is 10.8 Å². The second kappa shape index (κ2) is 7.08. The average molecular weight is 446 g/mol. The van der Waals surface area contributed by atoms with Gasteiger partial charge < -0.3 is 5.32 Å². The van der Waals surface area contributed by atoms with Crippen molar-refractivity contribution in [3.05, 3.63) is 60.2 Å². The molecule has 1 amide bonds. The molecule has 1 aliphatic rings. The highest BCUT2D eigenvalue weighted by Crippen LogP contribution is 2.37. The van der Waals surface area contributed by atoms with Crippen molar-refractivity contribution in [3.8, 4) is 0 Å². The van der Waals surface area contributed by atoms with Crippen LogP contribution in [0.4, 0.5) is 11.4 Å². The van der Waals surface area contributed by atoms with E-state index in [-0.39, 0.29) is 27.4 Å². The number of amides is 1. The van der Waals surface area contributed by atoms with Crippen molar-refractivity contribution in [2.45, 2.75) is 29.7 Å². The van der Waals surface area contributed by atoms with Gasteiger partial charge in [0.05, 0.1) is 9.79 Å². The molecule has 4 rings (SSSR count). The number of hydrogen-bond donors (Lipinski definition) is 3. The van der Waals surface area contributed by atoms with Crippen molar-refractivity contribution in [3.63, 3.8) is 0 Å². The summed E-state index contributed by atoms with van der Waals surface area (Å²) in [5.41, 5.74) is 1.21. The fourth-order valence-electron chi connectivity index (χ4n) is 3.39. The van der Waals surface area contributed by atoms with Crippen LogP contribution in [0, 0.1) is 0 Å². The van der Waals surface area contributed by atoms with Gasteiger partial charge in [0.25, 0.3) is 15.9 Å². The summed E-state index contributed by atoms with van der Waals surface area (Å²) in [6.07, 6.45) is 0. The number of rotatable bonds is 6. The molecule has 10 heteroatoms. The van der Waals surface area contributed by atoms with E-state index in [1.54, 1.807) is 38.1 Å². The molecule has 0 radical (unpaired) electrons. The summed E-state index contributed by atoms with van der Waals surface area (Å²) in [7, 11) is -7.66. The summed E-state index contributed by atoms with van der Waals surface area (Å²) in [5, 5.41) is 3.70. The fourth-order valence-corrected chi connectivity index (χ4v) is 5.90. The van der Waals surface area contributed by atoms with Gasteiger partial charge in [0.15, 0.2) is 0 Å². The normalized spacial score (nSPS) is 13.6. The average Bonchev–Trinajstić information content (AvgIpc) is 2.98. The second-order valence-corrected chi connectivity index (χ2v) is 10.6. The van der Waals surface area contributed by atoms with Crippen molar-refractivity contribution in [2.24, 2.45) is 0 Å². The summed E-state index contributed by atoms with van der Waals surface area (Å²) in [6, 6.07) is 13.1. The fraction of sp³-hybridized carbons (Fsp3) is 0.150. The maximum Gasteiger partial charge on any atom is 0.262 e. The molecule has 3 aromatic carbocycles.